The number of carbonyl (C=O) groups is 2. The molecule has 0 radical (unpaired) electrons. The molecule has 0 saturated carbocycles. The van der Waals surface area contributed by atoms with Gasteiger partial charge in [-0.3, -0.25) is 9.59 Å². The minimum absolute atomic E-state index is 0.114. The van der Waals surface area contributed by atoms with E-state index in [0.29, 0.717) is 26.2 Å². The van der Waals surface area contributed by atoms with E-state index in [1.165, 1.54) is 7.11 Å². The van der Waals surface area contributed by atoms with Gasteiger partial charge in [0.15, 0.2) is 0 Å². The molecule has 98 valence electrons. The first-order valence-corrected chi connectivity index (χ1v) is 5.93. The van der Waals surface area contributed by atoms with Crippen molar-refractivity contribution in [2.24, 2.45) is 0 Å². The van der Waals surface area contributed by atoms with Crippen LogP contribution in [0.3, 0.4) is 0 Å². The number of ether oxygens (including phenoxy) is 1. The van der Waals surface area contributed by atoms with E-state index in [4.69, 9.17) is 4.74 Å². The first-order chi connectivity index (χ1) is 8.11. The molecule has 2 N–H and O–H groups in total. The Morgan fingerprint density at radius 1 is 1.59 bits per heavy atom. The topological polar surface area (TPSA) is 70.7 Å². The summed E-state index contributed by atoms with van der Waals surface area (Å²) in [5, 5.41) is 5.86. The molecule has 1 heterocycles. The quantitative estimate of drug-likeness (QED) is 0.661. The SMILES string of the molecule is CCNC(=O)C1CNCCN1C(=O)C(C)OC. The van der Waals surface area contributed by atoms with Crippen LogP contribution >= 0.6 is 0 Å². The second-order valence-corrected chi connectivity index (χ2v) is 4.02. The Labute approximate surface area is 102 Å². The molecule has 0 spiro atoms. The first kappa shape index (κ1) is 13.9. The molecule has 6 heteroatoms. The monoisotopic (exact) mass is 243 g/mol. The summed E-state index contributed by atoms with van der Waals surface area (Å²) >= 11 is 0. The van der Waals surface area contributed by atoms with E-state index in [2.05, 4.69) is 10.6 Å². The van der Waals surface area contributed by atoms with Gasteiger partial charge in [0.1, 0.15) is 12.1 Å². The molecule has 1 saturated heterocycles. The maximum absolute atomic E-state index is 12.0. The van der Waals surface area contributed by atoms with E-state index >= 15 is 0 Å². The van der Waals surface area contributed by atoms with Gasteiger partial charge in [0.25, 0.3) is 5.91 Å². The predicted molar refractivity (Wildman–Crippen MR) is 63.5 cm³/mol. The molecule has 1 aliphatic heterocycles. The summed E-state index contributed by atoms with van der Waals surface area (Å²) < 4.78 is 5.01. The zero-order valence-electron chi connectivity index (χ0n) is 10.7. The molecule has 0 bridgehead atoms. The highest BCUT2D eigenvalue weighted by Crippen LogP contribution is 2.07. The molecule has 1 fully saturated rings. The van der Waals surface area contributed by atoms with Crippen molar-refractivity contribution >= 4 is 11.8 Å². The lowest BCUT2D eigenvalue weighted by Crippen LogP contribution is -2.61. The fraction of sp³-hybridized carbons (Fsp3) is 0.818. The molecular weight excluding hydrogens is 222 g/mol. The Morgan fingerprint density at radius 2 is 2.29 bits per heavy atom. The molecule has 17 heavy (non-hydrogen) atoms. The number of hydrogen-bond donors (Lipinski definition) is 2. The number of nitrogens with zero attached hydrogens (tertiary/aromatic N) is 1. The number of likely N-dealkylation sites (N-methyl/N-ethyl adjacent to an activating group) is 1. The highest BCUT2D eigenvalue weighted by Gasteiger charge is 2.33. The van der Waals surface area contributed by atoms with Gasteiger partial charge in [-0.05, 0) is 13.8 Å². The Kier molecular flexibility index (Phi) is 5.37. The molecule has 2 unspecified atom stereocenters. The molecule has 0 aliphatic carbocycles. The van der Waals surface area contributed by atoms with Crippen molar-refractivity contribution in [3.8, 4) is 0 Å². The lowest BCUT2D eigenvalue weighted by Gasteiger charge is -2.36. The number of hydrogen-bond acceptors (Lipinski definition) is 4. The van der Waals surface area contributed by atoms with Crippen LogP contribution in [0.4, 0.5) is 0 Å². The fourth-order valence-corrected chi connectivity index (χ4v) is 1.83. The zero-order chi connectivity index (χ0) is 12.8. The average molecular weight is 243 g/mol. The molecule has 2 atom stereocenters. The van der Waals surface area contributed by atoms with E-state index in [1.807, 2.05) is 6.92 Å². The van der Waals surface area contributed by atoms with Gasteiger partial charge in [-0.1, -0.05) is 0 Å². The number of nitrogens with one attached hydrogen (secondary N) is 2. The van der Waals surface area contributed by atoms with Crippen molar-refractivity contribution in [2.45, 2.75) is 26.0 Å². The smallest absolute Gasteiger partial charge is 0.252 e. The van der Waals surface area contributed by atoms with E-state index in [-0.39, 0.29) is 11.8 Å². The van der Waals surface area contributed by atoms with Crippen molar-refractivity contribution < 1.29 is 14.3 Å². The number of amides is 2. The second-order valence-electron chi connectivity index (χ2n) is 4.02. The molecule has 0 aromatic carbocycles. The molecule has 0 aromatic heterocycles. The summed E-state index contributed by atoms with van der Waals surface area (Å²) in [7, 11) is 1.49. The average Bonchev–Trinajstić information content (AvgIpc) is 2.37. The van der Waals surface area contributed by atoms with Crippen LogP contribution in [0.15, 0.2) is 0 Å². The molecule has 0 aromatic rings. The summed E-state index contributed by atoms with van der Waals surface area (Å²) in [4.78, 5) is 25.5. The first-order valence-electron chi connectivity index (χ1n) is 5.93. The summed E-state index contributed by atoms with van der Waals surface area (Å²) in [5.74, 6) is -0.249. The van der Waals surface area contributed by atoms with Gasteiger partial charge in [-0.2, -0.15) is 0 Å². The highest BCUT2D eigenvalue weighted by atomic mass is 16.5. The predicted octanol–water partition coefficient (Wildman–Crippen LogP) is -1.04. The van der Waals surface area contributed by atoms with Crippen molar-refractivity contribution in [3.63, 3.8) is 0 Å². The summed E-state index contributed by atoms with van der Waals surface area (Å²) in [5.41, 5.74) is 0. The fourth-order valence-electron chi connectivity index (χ4n) is 1.83. The summed E-state index contributed by atoms with van der Waals surface area (Å²) in [6, 6.07) is -0.436. The minimum atomic E-state index is -0.509. The van der Waals surface area contributed by atoms with Gasteiger partial charge in [-0.15, -0.1) is 0 Å². The van der Waals surface area contributed by atoms with Crippen LogP contribution in [0.25, 0.3) is 0 Å². The van der Waals surface area contributed by atoms with E-state index < -0.39 is 12.1 Å². The van der Waals surface area contributed by atoms with Crippen molar-refractivity contribution in [3.05, 3.63) is 0 Å². The van der Waals surface area contributed by atoms with Crippen molar-refractivity contribution in [1.82, 2.24) is 15.5 Å². The third-order valence-electron chi connectivity index (χ3n) is 2.88. The Balaban J connectivity index is 2.71. The number of rotatable bonds is 4. The highest BCUT2D eigenvalue weighted by molar-refractivity contribution is 5.89. The van der Waals surface area contributed by atoms with E-state index in [9.17, 15) is 9.59 Å². The Bertz CT molecular complexity index is 283. The number of piperazine rings is 1. The molecule has 1 rings (SSSR count). The van der Waals surface area contributed by atoms with Gasteiger partial charge in [0.05, 0.1) is 0 Å². The minimum Gasteiger partial charge on any atom is -0.372 e. The van der Waals surface area contributed by atoms with Crippen LogP contribution < -0.4 is 10.6 Å². The van der Waals surface area contributed by atoms with Gasteiger partial charge in [-0.25, -0.2) is 0 Å². The summed E-state index contributed by atoms with van der Waals surface area (Å²) in [6.07, 6.45) is -0.509. The van der Waals surface area contributed by atoms with E-state index in [1.54, 1.807) is 11.8 Å². The van der Waals surface area contributed by atoms with Gasteiger partial charge in [0, 0.05) is 33.3 Å². The number of carbonyl (C=O) groups excluding carboxylic acids is 2. The number of methoxy groups -OCH3 is 1. The zero-order valence-corrected chi connectivity index (χ0v) is 10.7. The van der Waals surface area contributed by atoms with Crippen LogP contribution in [0.2, 0.25) is 0 Å². The molecule has 6 nitrogen and oxygen atoms in total. The maximum atomic E-state index is 12.0. The third kappa shape index (κ3) is 3.41. The largest absolute Gasteiger partial charge is 0.372 e. The summed E-state index contributed by atoms with van der Waals surface area (Å²) in [6.45, 7) is 5.86. The maximum Gasteiger partial charge on any atom is 0.252 e. The Morgan fingerprint density at radius 3 is 2.88 bits per heavy atom. The van der Waals surface area contributed by atoms with Crippen LogP contribution in [0, 0.1) is 0 Å². The third-order valence-corrected chi connectivity index (χ3v) is 2.88. The van der Waals surface area contributed by atoms with Gasteiger partial charge >= 0.3 is 0 Å². The van der Waals surface area contributed by atoms with Crippen molar-refractivity contribution in [2.75, 3.05) is 33.3 Å². The van der Waals surface area contributed by atoms with Crippen LogP contribution in [0.1, 0.15) is 13.8 Å². The second kappa shape index (κ2) is 6.56. The molecule has 2 amide bonds. The van der Waals surface area contributed by atoms with Crippen LogP contribution in [-0.2, 0) is 14.3 Å². The standard InChI is InChI=1S/C11H21N3O3/c1-4-13-10(15)9-7-12-5-6-14(9)11(16)8(2)17-3/h8-9,12H,4-7H2,1-3H3,(H,13,15). The molecular formula is C11H21N3O3. The lowest BCUT2D eigenvalue weighted by atomic mass is 10.1. The van der Waals surface area contributed by atoms with Crippen LogP contribution in [0.5, 0.6) is 0 Å². The molecule has 1 aliphatic rings. The van der Waals surface area contributed by atoms with Gasteiger partial charge < -0.3 is 20.3 Å². The van der Waals surface area contributed by atoms with E-state index in [0.717, 1.165) is 0 Å². The lowest BCUT2D eigenvalue weighted by molar-refractivity contribution is -0.148. The Hall–Kier alpha value is -1.14. The normalized spacial score (nSPS) is 22.1. The van der Waals surface area contributed by atoms with Gasteiger partial charge in [0.2, 0.25) is 5.91 Å². The van der Waals surface area contributed by atoms with Crippen molar-refractivity contribution in [1.29, 1.82) is 0 Å². The van der Waals surface area contributed by atoms with Crippen LogP contribution in [-0.4, -0.2) is 62.1 Å².